The van der Waals surface area contributed by atoms with Gasteiger partial charge in [0.1, 0.15) is 11.3 Å². The molecule has 0 saturated carbocycles. The van der Waals surface area contributed by atoms with E-state index in [0.29, 0.717) is 47.6 Å². The molecule has 7 nitrogen and oxygen atoms in total. The van der Waals surface area contributed by atoms with E-state index < -0.39 is 11.9 Å². The number of rotatable bonds is 4. The molecule has 4 rings (SSSR count). The maximum Gasteiger partial charge on any atom is 0.437 e. The topological polar surface area (TPSA) is 67.2 Å². The number of amides is 1. The van der Waals surface area contributed by atoms with Crippen molar-refractivity contribution in [3.8, 4) is 0 Å². The fraction of sp³-hybridized carbons (Fsp3) is 0.333. The molecule has 1 aliphatic rings. The normalized spacial score (nSPS) is 15.1. The molecule has 30 heavy (non-hydrogen) atoms. The van der Waals surface area contributed by atoms with Crippen molar-refractivity contribution in [1.82, 2.24) is 24.6 Å². The Bertz CT molecular complexity index is 1100. The zero-order valence-corrected chi connectivity index (χ0v) is 16.9. The van der Waals surface area contributed by atoms with Gasteiger partial charge in [-0.15, -0.1) is 0 Å². The summed E-state index contributed by atoms with van der Waals surface area (Å²) in [7, 11) is 0. The largest absolute Gasteiger partial charge is 0.437 e. The second-order valence-electron chi connectivity index (χ2n) is 6.77. The minimum absolute atomic E-state index is 0.00339. The highest BCUT2D eigenvalue weighted by Gasteiger charge is 2.38. The quantitative estimate of drug-likeness (QED) is 0.559. The van der Waals surface area contributed by atoms with E-state index in [2.05, 4.69) is 15.1 Å². The van der Waals surface area contributed by atoms with Gasteiger partial charge < -0.3 is 9.80 Å². The Hall–Kier alpha value is -2.59. The summed E-state index contributed by atoms with van der Waals surface area (Å²) < 4.78 is 41.7. The molecule has 1 aliphatic heterocycles. The zero-order valence-electron chi connectivity index (χ0n) is 15.4. The number of nitrogens with zero attached hydrogens (tertiary/aromatic N) is 6. The minimum atomic E-state index is -4.68. The zero-order chi connectivity index (χ0) is 21.5. The first-order chi connectivity index (χ1) is 14.3. The van der Waals surface area contributed by atoms with Crippen molar-refractivity contribution in [2.24, 2.45) is 0 Å². The third-order valence-electron chi connectivity index (χ3n) is 4.82. The first-order valence-corrected chi connectivity index (χ1v) is 9.71. The molecule has 1 amide bonds. The predicted octanol–water partition coefficient (Wildman–Crippen LogP) is 3.48. The van der Waals surface area contributed by atoms with Crippen LogP contribution in [0.5, 0.6) is 0 Å². The molecule has 1 saturated heterocycles. The lowest BCUT2D eigenvalue weighted by atomic mass is 10.2. The van der Waals surface area contributed by atoms with E-state index in [1.165, 1.54) is 12.3 Å². The van der Waals surface area contributed by atoms with Crippen LogP contribution < -0.4 is 4.90 Å². The van der Waals surface area contributed by atoms with Gasteiger partial charge in [0.25, 0.3) is 0 Å². The van der Waals surface area contributed by atoms with E-state index >= 15 is 0 Å². The smallest absolute Gasteiger partial charge is 0.352 e. The summed E-state index contributed by atoms with van der Waals surface area (Å²) in [6, 6.07) is 4.74. The Morgan fingerprint density at radius 3 is 2.50 bits per heavy atom. The molecule has 0 atom stereocenters. The van der Waals surface area contributed by atoms with Crippen molar-refractivity contribution in [1.29, 1.82) is 0 Å². The summed E-state index contributed by atoms with van der Waals surface area (Å²) in [4.78, 5) is 22.8. The van der Waals surface area contributed by atoms with Crippen LogP contribution in [0.4, 0.5) is 19.0 Å². The van der Waals surface area contributed by atoms with Crippen LogP contribution >= 0.6 is 23.2 Å². The van der Waals surface area contributed by atoms with Gasteiger partial charge in [0.05, 0.1) is 12.7 Å². The molecule has 0 radical (unpaired) electrons. The molecular formula is C18H15Cl2F3N6O. The Kier molecular flexibility index (Phi) is 5.46. The van der Waals surface area contributed by atoms with E-state index in [-0.39, 0.29) is 17.7 Å². The molecule has 0 spiro atoms. The van der Waals surface area contributed by atoms with Gasteiger partial charge >= 0.3 is 6.18 Å². The number of anilines is 1. The molecule has 158 valence electrons. The van der Waals surface area contributed by atoms with Crippen molar-refractivity contribution in [2.75, 3.05) is 31.1 Å². The Morgan fingerprint density at radius 2 is 1.87 bits per heavy atom. The third kappa shape index (κ3) is 4.01. The lowest BCUT2D eigenvalue weighted by molar-refractivity contribution is -0.140. The monoisotopic (exact) mass is 458 g/mol. The summed E-state index contributed by atoms with van der Waals surface area (Å²) in [5.41, 5.74) is -0.884. The fourth-order valence-corrected chi connectivity index (χ4v) is 3.72. The lowest BCUT2D eigenvalue weighted by Gasteiger charge is -2.33. The van der Waals surface area contributed by atoms with Gasteiger partial charge in [0, 0.05) is 36.2 Å². The number of benzene rings is 1. The van der Waals surface area contributed by atoms with Crippen molar-refractivity contribution in [2.45, 2.75) is 12.7 Å². The van der Waals surface area contributed by atoms with E-state index in [4.69, 9.17) is 23.2 Å². The maximum absolute atomic E-state index is 13.5. The highest BCUT2D eigenvalue weighted by Crippen LogP contribution is 2.34. The number of halogens is 5. The van der Waals surface area contributed by atoms with Gasteiger partial charge in [-0.3, -0.25) is 4.79 Å². The van der Waals surface area contributed by atoms with Gasteiger partial charge in [-0.25, -0.2) is 14.6 Å². The van der Waals surface area contributed by atoms with Crippen LogP contribution in [-0.4, -0.2) is 57.2 Å². The van der Waals surface area contributed by atoms with Crippen molar-refractivity contribution < 1.29 is 18.0 Å². The molecule has 3 heterocycles. The first kappa shape index (κ1) is 20.7. The third-order valence-corrected chi connectivity index (χ3v) is 5.41. The molecule has 2 aromatic heterocycles. The van der Waals surface area contributed by atoms with Crippen LogP contribution in [0.3, 0.4) is 0 Å². The van der Waals surface area contributed by atoms with Crippen LogP contribution in [0.2, 0.25) is 10.0 Å². The summed E-state index contributed by atoms with van der Waals surface area (Å²) in [5.74, 6) is 0.421. The van der Waals surface area contributed by atoms with Crippen LogP contribution in [0.1, 0.15) is 11.3 Å². The number of hydrogen-bond donors (Lipinski definition) is 0. The maximum atomic E-state index is 13.5. The van der Waals surface area contributed by atoms with Gasteiger partial charge in [-0.2, -0.15) is 18.3 Å². The molecule has 12 heteroatoms. The first-order valence-electron chi connectivity index (χ1n) is 8.95. The Morgan fingerprint density at radius 1 is 1.13 bits per heavy atom. The average molecular weight is 459 g/mol. The van der Waals surface area contributed by atoms with Gasteiger partial charge in [0.15, 0.2) is 11.3 Å². The van der Waals surface area contributed by atoms with Crippen molar-refractivity contribution in [3.05, 3.63) is 45.7 Å². The van der Waals surface area contributed by atoms with Crippen LogP contribution in [-0.2, 0) is 17.5 Å². The number of piperazine rings is 1. The molecule has 0 aliphatic carbocycles. The number of carbonyl (C=O) groups is 1. The summed E-state index contributed by atoms with van der Waals surface area (Å²) in [6.07, 6.45) is -2.61. The molecule has 1 fully saturated rings. The predicted molar refractivity (Wildman–Crippen MR) is 106 cm³/mol. The summed E-state index contributed by atoms with van der Waals surface area (Å²) in [6.45, 7) is 1.97. The van der Waals surface area contributed by atoms with E-state index in [1.807, 2.05) is 4.90 Å². The van der Waals surface area contributed by atoms with Gasteiger partial charge in [0.2, 0.25) is 6.41 Å². The molecular weight excluding hydrogens is 444 g/mol. The fourth-order valence-electron chi connectivity index (χ4n) is 3.25. The van der Waals surface area contributed by atoms with Gasteiger partial charge in [-0.1, -0.05) is 29.3 Å². The summed E-state index contributed by atoms with van der Waals surface area (Å²) in [5, 5.41) is 4.46. The minimum Gasteiger partial charge on any atom is -0.352 e. The molecule has 3 aromatic rings. The highest BCUT2D eigenvalue weighted by molar-refractivity contribution is 6.35. The van der Waals surface area contributed by atoms with Crippen molar-refractivity contribution >= 4 is 46.6 Å². The van der Waals surface area contributed by atoms with E-state index in [1.54, 1.807) is 17.0 Å². The standard InChI is InChI=1S/C18H15Cl2F3N6O/c19-12-2-1-11(13(20)7-12)9-29-17-15(16(26-29)18(21,22)23)24-8-14(25-17)28-5-3-27(10-30)4-6-28/h1-2,7-8,10H,3-6,9H2. The van der Waals surface area contributed by atoms with E-state index in [9.17, 15) is 18.0 Å². The van der Waals surface area contributed by atoms with Crippen LogP contribution in [0.15, 0.2) is 24.4 Å². The van der Waals surface area contributed by atoms with E-state index in [0.717, 1.165) is 11.1 Å². The highest BCUT2D eigenvalue weighted by atomic mass is 35.5. The average Bonchev–Trinajstić information content (AvgIpc) is 3.08. The second-order valence-corrected chi connectivity index (χ2v) is 7.61. The molecule has 0 unspecified atom stereocenters. The molecule has 0 N–H and O–H groups in total. The number of fused-ring (bicyclic) bond motifs is 1. The Balaban J connectivity index is 1.75. The lowest BCUT2D eigenvalue weighted by Crippen LogP contribution is -2.46. The van der Waals surface area contributed by atoms with Crippen LogP contribution in [0, 0.1) is 0 Å². The van der Waals surface area contributed by atoms with Crippen LogP contribution in [0.25, 0.3) is 11.2 Å². The number of alkyl halides is 3. The SMILES string of the molecule is O=CN1CCN(c2cnc3c(C(F)(F)F)nn(Cc4ccc(Cl)cc4Cl)c3n2)CC1. The number of aromatic nitrogens is 4. The number of hydrogen-bond acceptors (Lipinski definition) is 5. The second kappa shape index (κ2) is 7.92. The number of carbonyl (C=O) groups excluding carboxylic acids is 1. The summed E-state index contributed by atoms with van der Waals surface area (Å²) >= 11 is 12.1. The van der Waals surface area contributed by atoms with Gasteiger partial charge in [-0.05, 0) is 17.7 Å². The van der Waals surface area contributed by atoms with Crippen molar-refractivity contribution in [3.63, 3.8) is 0 Å². The Labute approximate surface area is 179 Å². The molecule has 0 bridgehead atoms. The molecule has 1 aromatic carbocycles.